The first-order valence-electron chi connectivity index (χ1n) is 6.68. The molecule has 1 aromatic carbocycles. The number of rotatable bonds is 2. The highest BCUT2D eigenvalue weighted by atomic mass is 16.6. The SMILES string of the molecule is O=C1CCC(NC(=O)c2ccc3c(c2)OCCO3)C(=O)N1. The van der Waals surface area contributed by atoms with Crippen molar-refractivity contribution in [3.8, 4) is 11.5 Å². The van der Waals surface area contributed by atoms with Gasteiger partial charge in [0.1, 0.15) is 19.3 Å². The molecule has 1 saturated heterocycles. The summed E-state index contributed by atoms with van der Waals surface area (Å²) >= 11 is 0. The summed E-state index contributed by atoms with van der Waals surface area (Å²) in [5.41, 5.74) is 0.379. The first-order chi connectivity index (χ1) is 10.1. The minimum atomic E-state index is -0.691. The molecule has 0 spiro atoms. The van der Waals surface area contributed by atoms with Gasteiger partial charge in [-0.2, -0.15) is 0 Å². The van der Waals surface area contributed by atoms with Crippen molar-refractivity contribution < 1.29 is 23.9 Å². The van der Waals surface area contributed by atoms with Crippen LogP contribution in [-0.4, -0.2) is 37.0 Å². The molecular weight excluding hydrogens is 276 g/mol. The number of amides is 3. The lowest BCUT2D eigenvalue weighted by atomic mass is 10.1. The maximum absolute atomic E-state index is 12.2. The Morgan fingerprint density at radius 1 is 1.19 bits per heavy atom. The average Bonchev–Trinajstić information content (AvgIpc) is 2.49. The van der Waals surface area contributed by atoms with Crippen LogP contribution >= 0.6 is 0 Å². The Labute approximate surface area is 120 Å². The molecule has 1 aromatic rings. The predicted molar refractivity (Wildman–Crippen MR) is 71.1 cm³/mol. The Morgan fingerprint density at radius 2 is 1.95 bits per heavy atom. The van der Waals surface area contributed by atoms with Gasteiger partial charge in [-0.05, 0) is 24.6 Å². The zero-order chi connectivity index (χ0) is 14.8. The summed E-state index contributed by atoms with van der Waals surface area (Å²) in [6.45, 7) is 0.917. The standard InChI is InChI=1S/C14H14N2O5/c17-12-4-2-9(14(19)16-12)15-13(18)8-1-3-10-11(7-8)21-6-5-20-10/h1,3,7,9H,2,4-6H2,(H,15,18)(H,16,17,19). The molecule has 7 nitrogen and oxygen atoms in total. The maximum Gasteiger partial charge on any atom is 0.252 e. The molecule has 21 heavy (non-hydrogen) atoms. The second kappa shape index (κ2) is 5.43. The van der Waals surface area contributed by atoms with E-state index < -0.39 is 11.9 Å². The molecule has 3 amide bonds. The fraction of sp³-hybridized carbons (Fsp3) is 0.357. The molecule has 2 heterocycles. The van der Waals surface area contributed by atoms with Crippen molar-refractivity contribution in [2.45, 2.75) is 18.9 Å². The summed E-state index contributed by atoms with van der Waals surface area (Å²) in [4.78, 5) is 34.8. The van der Waals surface area contributed by atoms with Crippen molar-refractivity contribution >= 4 is 17.7 Å². The van der Waals surface area contributed by atoms with E-state index in [1.54, 1.807) is 18.2 Å². The molecule has 1 fully saturated rings. The number of nitrogens with one attached hydrogen (secondary N) is 2. The lowest BCUT2D eigenvalue weighted by Crippen LogP contribution is -2.52. The van der Waals surface area contributed by atoms with E-state index in [9.17, 15) is 14.4 Å². The third-order valence-electron chi connectivity index (χ3n) is 3.35. The number of ether oxygens (including phenoxy) is 2. The van der Waals surface area contributed by atoms with Gasteiger partial charge in [-0.15, -0.1) is 0 Å². The molecule has 2 aliphatic rings. The summed E-state index contributed by atoms with van der Waals surface area (Å²) in [5, 5.41) is 4.81. The number of benzene rings is 1. The van der Waals surface area contributed by atoms with Gasteiger partial charge in [0.15, 0.2) is 11.5 Å². The van der Waals surface area contributed by atoms with Gasteiger partial charge in [0.05, 0.1) is 0 Å². The Kier molecular flexibility index (Phi) is 3.47. The first kappa shape index (κ1) is 13.4. The quantitative estimate of drug-likeness (QED) is 0.747. The molecule has 0 radical (unpaired) electrons. The van der Waals surface area contributed by atoms with Crippen LogP contribution in [0.5, 0.6) is 11.5 Å². The summed E-state index contributed by atoms with van der Waals surface area (Å²) in [7, 11) is 0. The number of carbonyl (C=O) groups is 3. The molecule has 0 saturated carbocycles. The number of hydrogen-bond donors (Lipinski definition) is 2. The van der Waals surface area contributed by atoms with E-state index in [1.807, 2.05) is 0 Å². The van der Waals surface area contributed by atoms with Gasteiger partial charge in [0.2, 0.25) is 11.8 Å². The van der Waals surface area contributed by atoms with E-state index in [4.69, 9.17) is 9.47 Å². The Morgan fingerprint density at radius 3 is 2.71 bits per heavy atom. The van der Waals surface area contributed by atoms with Crippen LogP contribution in [0.2, 0.25) is 0 Å². The molecule has 0 bridgehead atoms. The minimum absolute atomic E-state index is 0.220. The summed E-state index contributed by atoms with van der Waals surface area (Å²) in [6, 6.07) is 4.15. The van der Waals surface area contributed by atoms with Crippen LogP contribution in [0.15, 0.2) is 18.2 Å². The van der Waals surface area contributed by atoms with E-state index >= 15 is 0 Å². The third-order valence-corrected chi connectivity index (χ3v) is 3.35. The molecule has 2 aliphatic heterocycles. The van der Waals surface area contributed by atoms with E-state index in [2.05, 4.69) is 10.6 Å². The summed E-state index contributed by atoms with van der Waals surface area (Å²) in [6.07, 6.45) is 0.527. The van der Waals surface area contributed by atoms with Crippen molar-refractivity contribution in [1.82, 2.24) is 10.6 Å². The number of piperidine rings is 1. The van der Waals surface area contributed by atoms with Crippen LogP contribution in [0.4, 0.5) is 0 Å². The minimum Gasteiger partial charge on any atom is -0.486 e. The van der Waals surface area contributed by atoms with Crippen LogP contribution in [-0.2, 0) is 9.59 Å². The van der Waals surface area contributed by atoms with Crippen LogP contribution in [0, 0.1) is 0 Å². The van der Waals surface area contributed by atoms with Crippen molar-refractivity contribution in [3.05, 3.63) is 23.8 Å². The molecule has 110 valence electrons. The maximum atomic E-state index is 12.2. The molecule has 2 N–H and O–H groups in total. The first-order valence-corrected chi connectivity index (χ1v) is 6.68. The number of imide groups is 1. The fourth-order valence-electron chi connectivity index (χ4n) is 2.26. The third kappa shape index (κ3) is 2.81. The van der Waals surface area contributed by atoms with E-state index in [1.165, 1.54) is 0 Å². The normalized spacial score (nSPS) is 20.7. The van der Waals surface area contributed by atoms with Crippen molar-refractivity contribution in [2.75, 3.05) is 13.2 Å². The number of carbonyl (C=O) groups excluding carboxylic acids is 3. The van der Waals surface area contributed by atoms with E-state index in [-0.39, 0.29) is 18.2 Å². The summed E-state index contributed by atoms with van der Waals surface area (Å²) in [5.74, 6) is -0.0700. The summed E-state index contributed by atoms with van der Waals surface area (Å²) < 4.78 is 10.8. The molecule has 1 atom stereocenters. The topological polar surface area (TPSA) is 93.7 Å². The highest BCUT2D eigenvalue weighted by molar-refractivity contribution is 6.03. The van der Waals surface area contributed by atoms with Crippen molar-refractivity contribution in [1.29, 1.82) is 0 Å². The highest BCUT2D eigenvalue weighted by Gasteiger charge is 2.28. The largest absolute Gasteiger partial charge is 0.486 e. The van der Waals surface area contributed by atoms with Crippen LogP contribution in [0.3, 0.4) is 0 Å². The molecule has 0 aliphatic carbocycles. The highest BCUT2D eigenvalue weighted by Crippen LogP contribution is 2.30. The Bertz CT molecular complexity index is 613. The zero-order valence-electron chi connectivity index (χ0n) is 11.2. The van der Waals surface area contributed by atoms with E-state index in [0.29, 0.717) is 36.7 Å². The molecular formula is C14H14N2O5. The fourth-order valence-corrected chi connectivity index (χ4v) is 2.26. The van der Waals surface area contributed by atoms with Gasteiger partial charge in [-0.3, -0.25) is 19.7 Å². The molecule has 3 rings (SSSR count). The van der Waals surface area contributed by atoms with Crippen LogP contribution < -0.4 is 20.1 Å². The second-order valence-corrected chi connectivity index (χ2v) is 4.84. The lowest BCUT2D eigenvalue weighted by Gasteiger charge is -2.22. The number of hydrogen-bond acceptors (Lipinski definition) is 5. The molecule has 0 aromatic heterocycles. The van der Waals surface area contributed by atoms with Gasteiger partial charge in [0.25, 0.3) is 5.91 Å². The van der Waals surface area contributed by atoms with Gasteiger partial charge in [-0.25, -0.2) is 0 Å². The zero-order valence-corrected chi connectivity index (χ0v) is 11.2. The van der Waals surface area contributed by atoms with Gasteiger partial charge < -0.3 is 14.8 Å². The van der Waals surface area contributed by atoms with Gasteiger partial charge in [0, 0.05) is 12.0 Å². The lowest BCUT2D eigenvalue weighted by molar-refractivity contribution is -0.134. The van der Waals surface area contributed by atoms with Gasteiger partial charge >= 0.3 is 0 Å². The van der Waals surface area contributed by atoms with Gasteiger partial charge in [-0.1, -0.05) is 0 Å². The second-order valence-electron chi connectivity index (χ2n) is 4.84. The molecule has 7 heteroatoms. The predicted octanol–water partition coefficient (Wildman–Crippen LogP) is -0.00720. The Balaban J connectivity index is 1.70. The smallest absolute Gasteiger partial charge is 0.252 e. The van der Waals surface area contributed by atoms with Crippen LogP contribution in [0.25, 0.3) is 0 Å². The van der Waals surface area contributed by atoms with Crippen molar-refractivity contribution in [2.24, 2.45) is 0 Å². The van der Waals surface area contributed by atoms with Crippen LogP contribution in [0.1, 0.15) is 23.2 Å². The van der Waals surface area contributed by atoms with Crippen molar-refractivity contribution in [3.63, 3.8) is 0 Å². The monoisotopic (exact) mass is 290 g/mol. The number of fused-ring (bicyclic) bond motifs is 1. The van der Waals surface area contributed by atoms with E-state index in [0.717, 1.165) is 0 Å². The Hall–Kier alpha value is -2.57. The molecule has 1 unspecified atom stereocenters. The average molecular weight is 290 g/mol.